The predicted octanol–water partition coefficient (Wildman–Crippen LogP) is -1.27. The molecule has 0 saturated carbocycles. The largest absolute Gasteiger partial charge is 0.394 e. The molecule has 0 aromatic carbocycles. The van der Waals surface area contributed by atoms with Gasteiger partial charge in [-0.05, 0) is 6.72 Å². The van der Waals surface area contributed by atoms with Gasteiger partial charge in [0.25, 0.3) is 0 Å². The minimum atomic E-state index is -0.808. The number of aliphatic imine (C=N–C) groups is 1. The molecule has 0 unspecified atom stereocenters. The number of aliphatic hydroxyl groups excluding tert-OH is 2. The zero-order valence-electron chi connectivity index (χ0n) is 9.46. The number of amides is 2. The molecule has 0 aromatic rings. The summed E-state index contributed by atoms with van der Waals surface area (Å²) >= 11 is 0. The van der Waals surface area contributed by atoms with Crippen molar-refractivity contribution in [3.63, 3.8) is 0 Å². The summed E-state index contributed by atoms with van der Waals surface area (Å²) in [6, 6.07) is -0.585. The molecule has 0 aliphatic carbocycles. The predicted molar refractivity (Wildman–Crippen MR) is 59.9 cm³/mol. The number of guanidine groups is 1. The molecule has 0 radical (unpaired) electrons. The molecular weight excluding hydrogens is 228 g/mol. The van der Waals surface area contributed by atoms with Crippen LogP contribution in [0.1, 0.15) is 6.42 Å². The minimum absolute atomic E-state index is 0.212. The molecule has 1 fully saturated rings. The first kappa shape index (κ1) is 13.6. The maximum absolute atomic E-state index is 11.6. The fraction of sp³-hybridized carbons (Fsp3) is 0.667. The van der Waals surface area contributed by atoms with Crippen LogP contribution in [0.4, 0.5) is 4.79 Å². The van der Waals surface area contributed by atoms with E-state index in [2.05, 4.69) is 17.0 Å². The highest BCUT2D eigenvalue weighted by atomic mass is 16.5. The summed E-state index contributed by atoms with van der Waals surface area (Å²) in [7, 11) is 1.46. The van der Waals surface area contributed by atoms with Crippen LogP contribution in [0.2, 0.25) is 0 Å². The van der Waals surface area contributed by atoms with E-state index in [9.17, 15) is 9.90 Å². The third kappa shape index (κ3) is 3.22. The van der Waals surface area contributed by atoms with E-state index in [0.717, 1.165) is 0 Å². The lowest BCUT2D eigenvalue weighted by molar-refractivity contribution is -0.0577. The van der Waals surface area contributed by atoms with Crippen LogP contribution in [0.15, 0.2) is 4.99 Å². The molecule has 0 spiro atoms. The van der Waals surface area contributed by atoms with E-state index in [4.69, 9.17) is 15.3 Å². The molecule has 1 saturated heterocycles. The van der Waals surface area contributed by atoms with Gasteiger partial charge in [0.05, 0.1) is 12.7 Å². The minimum Gasteiger partial charge on any atom is -0.394 e. The first-order valence-corrected chi connectivity index (χ1v) is 5.03. The second kappa shape index (κ2) is 5.71. The van der Waals surface area contributed by atoms with Gasteiger partial charge in [-0.2, -0.15) is 0 Å². The van der Waals surface area contributed by atoms with E-state index >= 15 is 0 Å². The van der Waals surface area contributed by atoms with Crippen LogP contribution in [-0.4, -0.2) is 65.9 Å². The Hall–Kier alpha value is -1.51. The molecule has 1 aliphatic rings. The number of carbonyl (C=O) groups is 1. The molecule has 2 amide bonds. The maximum Gasteiger partial charge on any atom is 0.326 e. The highest BCUT2D eigenvalue weighted by Gasteiger charge is 2.37. The molecule has 1 heterocycles. The van der Waals surface area contributed by atoms with E-state index in [1.807, 2.05) is 0 Å². The monoisotopic (exact) mass is 244 g/mol. The number of nitrogens with one attached hydrogen (secondary N) is 2. The fourth-order valence-electron chi connectivity index (χ4n) is 1.48. The van der Waals surface area contributed by atoms with Crippen LogP contribution in [-0.2, 0) is 4.74 Å². The molecule has 96 valence electrons. The summed E-state index contributed by atoms with van der Waals surface area (Å²) < 4.78 is 5.27. The van der Waals surface area contributed by atoms with Crippen molar-refractivity contribution in [1.29, 1.82) is 5.41 Å². The molecule has 1 rings (SSSR count). The van der Waals surface area contributed by atoms with Crippen LogP contribution in [0.25, 0.3) is 0 Å². The summed E-state index contributed by atoms with van der Waals surface area (Å²) in [5.41, 5.74) is 0. The lowest BCUT2D eigenvalue weighted by atomic mass is 10.2. The SMILES string of the molecule is C=NC(=N)NC(=O)N(C)[C@H]1C[C@H](O)[C@@H](CO)O1. The first-order chi connectivity index (χ1) is 7.99. The Morgan fingerprint density at radius 3 is 2.88 bits per heavy atom. The van der Waals surface area contributed by atoms with Crippen LogP contribution in [0.5, 0.6) is 0 Å². The number of hydrogen-bond acceptors (Lipinski definition) is 5. The van der Waals surface area contributed by atoms with E-state index < -0.39 is 24.5 Å². The molecule has 8 nitrogen and oxygen atoms in total. The molecule has 0 aromatic heterocycles. The molecule has 1 aliphatic heterocycles. The molecule has 0 bridgehead atoms. The number of urea groups is 1. The topological polar surface area (TPSA) is 118 Å². The Bertz CT molecular complexity index is 322. The van der Waals surface area contributed by atoms with Crippen molar-refractivity contribution in [2.45, 2.75) is 24.9 Å². The standard InChI is InChI=1S/C9H16N4O4/c1-11-8(10)12-9(16)13(2)7-3-5(15)6(4-14)17-7/h5-7,14-15H,1,3-4H2,2H3,(H2,10,12,16)/t5-,6+,7+/m0/s1. The summed E-state index contributed by atoms with van der Waals surface area (Å²) in [5, 5.41) is 27.7. The summed E-state index contributed by atoms with van der Waals surface area (Å²) in [6.07, 6.45) is -1.92. The normalized spacial score (nSPS) is 27.6. The van der Waals surface area contributed by atoms with Crippen molar-refractivity contribution in [2.75, 3.05) is 13.7 Å². The van der Waals surface area contributed by atoms with Gasteiger partial charge >= 0.3 is 6.03 Å². The highest BCUT2D eigenvalue weighted by Crippen LogP contribution is 2.22. The van der Waals surface area contributed by atoms with Crippen molar-refractivity contribution in [1.82, 2.24) is 10.2 Å². The van der Waals surface area contributed by atoms with Crippen LogP contribution >= 0.6 is 0 Å². The maximum atomic E-state index is 11.6. The smallest absolute Gasteiger partial charge is 0.326 e. The molecule has 4 N–H and O–H groups in total. The number of nitrogens with zero attached hydrogens (tertiary/aromatic N) is 2. The number of aliphatic hydroxyl groups is 2. The number of hydrogen-bond donors (Lipinski definition) is 4. The third-order valence-electron chi connectivity index (χ3n) is 2.52. The second-order valence-electron chi connectivity index (χ2n) is 3.66. The summed E-state index contributed by atoms with van der Waals surface area (Å²) in [4.78, 5) is 16.0. The van der Waals surface area contributed by atoms with E-state index in [1.165, 1.54) is 11.9 Å². The van der Waals surface area contributed by atoms with Crippen molar-refractivity contribution in [3.8, 4) is 0 Å². The van der Waals surface area contributed by atoms with Gasteiger partial charge < -0.3 is 19.8 Å². The Morgan fingerprint density at radius 2 is 2.41 bits per heavy atom. The summed E-state index contributed by atoms with van der Waals surface area (Å²) in [5.74, 6) is -0.362. The van der Waals surface area contributed by atoms with Gasteiger partial charge in [-0.3, -0.25) is 10.7 Å². The molecule has 17 heavy (non-hydrogen) atoms. The van der Waals surface area contributed by atoms with Gasteiger partial charge in [-0.25, -0.2) is 9.79 Å². The van der Waals surface area contributed by atoms with Gasteiger partial charge in [-0.15, -0.1) is 0 Å². The highest BCUT2D eigenvalue weighted by molar-refractivity contribution is 5.96. The molecule has 8 heteroatoms. The lowest BCUT2D eigenvalue weighted by Crippen LogP contribution is -2.45. The van der Waals surface area contributed by atoms with Gasteiger partial charge in [0.2, 0.25) is 5.96 Å². The zero-order chi connectivity index (χ0) is 13.0. The average Bonchev–Trinajstić information content (AvgIpc) is 2.69. The van der Waals surface area contributed by atoms with Crippen molar-refractivity contribution >= 4 is 18.7 Å². The van der Waals surface area contributed by atoms with Crippen molar-refractivity contribution in [2.24, 2.45) is 4.99 Å². The van der Waals surface area contributed by atoms with Gasteiger partial charge in [0.15, 0.2) is 0 Å². The Balaban J connectivity index is 2.53. The summed E-state index contributed by atoms with van der Waals surface area (Å²) in [6.45, 7) is 2.79. The van der Waals surface area contributed by atoms with E-state index in [-0.39, 0.29) is 19.0 Å². The third-order valence-corrected chi connectivity index (χ3v) is 2.52. The van der Waals surface area contributed by atoms with Gasteiger partial charge in [0.1, 0.15) is 12.3 Å². The quantitative estimate of drug-likeness (QED) is 0.358. The number of rotatable bonds is 2. The van der Waals surface area contributed by atoms with Crippen LogP contribution < -0.4 is 5.32 Å². The Labute approximate surface area is 98.4 Å². The van der Waals surface area contributed by atoms with Gasteiger partial charge in [0, 0.05) is 13.5 Å². The van der Waals surface area contributed by atoms with Crippen molar-refractivity contribution in [3.05, 3.63) is 0 Å². The average molecular weight is 244 g/mol. The first-order valence-electron chi connectivity index (χ1n) is 5.03. The Morgan fingerprint density at radius 1 is 1.76 bits per heavy atom. The number of carbonyl (C=O) groups excluding carboxylic acids is 1. The lowest BCUT2D eigenvalue weighted by Gasteiger charge is -2.23. The Kier molecular flexibility index (Phi) is 4.55. The van der Waals surface area contributed by atoms with Crippen LogP contribution in [0.3, 0.4) is 0 Å². The fourth-order valence-corrected chi connectivity index (χ4v) is 1.48. The zero-order valence-corrected chi connectivity index (χ0v) is 9.46. The molecular formula is C9H16N4O4. The van der Waals surface area contributed by atoms with Crippen molar-refractivity contribution < 1.29 is 19.7 Å². The molecule has 3 atom stereocenters. The van der Waals surface area contributed by atoms with E-state index in [1.54, 1.807) is 0 Å². The van der Waals surface area contributed by atoms with E-state index in [0.29, 0.717) is 0 Å². The van der Waals surface area contributed by atoms with Crippen LogP contribution in [0, 0.1) is 5.41 Å². The van der Waals surface area contributed by atoms with Gasteiger partial charge in [-0.1, -0.05) is 0 Å². The second-order valence-corrected chi connectivity index (χ2v) is 3.66. The number of ether oxygens (including phenoxy) is 1.